The topological polar surface area (TPSA) is 67.3 Å². The zero-order chi connectivity index (χ0) is 16.5. The van der Waals surface area contributed by atoms with Crippen molar-refractivity contribution in [2.45, 2.75) is 38.3 Å². The third-order valence-electron chi connectivity index (χ3n) is 4.66. The molecule has 7 heteroatoms. The van der Waals surface area contributed by atoms with Crippen LogP contribution >= 0.6 is 0 Å². The van der Waals surface area contributed by atoms with Gasteiger partial charge in [-0.3, -0.25) is 0 Å². The molecule has 0 N–H and O–H groups in total. The minimum atomic E-state index is 0.418. The van der Waals surface area contributed by atoms with E-state index < -0.39 is 0 Å². The Bertz CT molecular complexity index is 720. The number of anilines is 2. The van der Waals surface area contributed by atoms with E-state index in [-0.39, 0.29) is 0 Å². The summed E-state index contributed by atoms with van der Waals surface area (Å²) in [4.78, 5) is 22.3. The van der Waals surface area contributed by atoms with Crippen molar-refractivity contribution in [3.05, 3.63) is 30.4 Å². The lowest BCUT2D eigenvalue weighted by Gasteiger charge is -2.30. The average molecular weight is 326 g/mol. The Morgan fingerprint density at radius 2 is 2.04 bits per heavy atom. The molecule has 3 heterocycles. The highest BCUT2D eigenvalue weighted by Crippen LogP contribution is 2.36. The molecule has 2 aromatic rings. The minimum absolute atomic E-state index is 0.418. The van der Waals surface area contributed by atoms with E-state index in [1.807, 2.05) is 25.3 Å². The zero-order valence-electron chi connectivity index (χ0n) is 14.1. The van der Waals surface area contributed by atoms with Crippen molar-refractivity contribution < 1.29 is 4.74 Å². The molecule has 1 unspecified atom stereocenters. The van der Waals surface area contributed by atoms with Crippen molar-refractivity contribution in [2.75, 3.05) is 30.0 Å². The molecule has 7 nitrogen and oxygen atoms in total. The third kappa shape index (κ3) is 2.98. The SMILES string of the molecule is COc1cc(N(C2CC2)C2CCN(c3nccc(C)n3)C2)ncn1. The summed E-state index contributed by atoms with van der Waals surface area (Å²) in [6.07, 6.45) is 6.95. The van der Waals surface area contributed by atoms with Gasteiger partial charge in [0, 0.05) is 43.1 Å². The number of nitrogens with zero attached hydrogens (tertiary/aromatic N) is 6. The molecule has 1 saturated carbocycles. The fourth-order valence-electron chi connectivity index (χ4n) is 3.35. The molecule has 1 aliphatic carbocycles. The van der Waals surface area contributed by atoms with Crippen LogP contribution in [0.2, 0.25) is 0 Å². The van der Waals surface area contributed by atoms with Gasteiger partial charge in [0.2, 0.25) is 11.8 Å². The van der Waals surface area contributed by atoms with Crippen LogP contribution in [-0.4, -0.2) is 52.2 Å². The Morgan fingerprint density at radius 1 is 1.17 bits per heavy atom. The van der Waals surface area contributed by atoms with E-state index in [9.17, 15) is 0 Å². The summed E-state index contributed by atoms with van der Waals surface area (Å²) in [7, 11) is 1.64. The van der Waals surface area contributed by atoms with Crippen LogP contribution in [0.1, 0.15) is 25.0 Å². The highest BCUT2D eigenvalue weighted by molar-refractivity contribution is 5.47. The molecule has 24 heavy (non-hydrogen) atoms. The number of aryl methyl sites for hydroxylation is 1. The number of hydrogen-bond donors (Lipinski definition) is 0. The lowest BCUT2D eigenvalue weighted by Crippen LogP contribution is -2.40. The molecule has 0 spiro atoms. The molecule has 2 aliphatic rings. The highest BCUT2D eigenvalue weighted by atomic mass is 16.5. The second-order valence-corrected chi connectivity index (χ2v) is 6.44. The van der Waals surface area contributed by atoms with Crippen LogP contribution in [0.15, 0.2) is 24.7 Å². The minimum Gasteiger partial charge on any atom is -0.481 e. The molecular formula is C17H22N6O. The van der Waals surface area contributed by atoms with Gasteiger partial charge in [-0.2, -0.15) is 0 Å². The molecule has 1 aliphatic heterocycles. The highest BCUT2D eigenvalue weighted by Gasteiger charge is 2.38. The fraction of sp³-hybridized carbons (Fsp3) is 0.529. The number of hydrogen-bond acceptors (Lipinski definition) is 7. The molecule has 0 aromatic carbocycles. The normalized spacial score (nSPS) is 20.2. The molecule has 2 fully saturated rings. The molecule has 1 saturated heterocycles. The van der Waals surface area contributed by atoms with E-state index in [4.69, 9.17) is 4.74 Å². The van der Waals surface area contributed by atoms with Gasteiger partial charge in [0.05, 0.1) is 7.11 Å². The number of rotatable bonds is 5. The Labute approximate surface area is 141 Å². The second kappa shape index (κ2) is 6.22. The van der Waals surface area contributed by atoms with E-state index in [0.29, 0.717) is 18.0 Å². The van der Waals surface area contributed by atoms with Gasteiger partial charge in [0.25, 0.3) is 0 Å². The van der Waals surface area contributed by atoms with Crippen molar-refractivity contribution in [2.24, 2.45) is 0 Å². The van der Waals surface area contributed by atoms with Gasteiger partial charge in [-0.1, -0.05) is 0 Å². The number of methoxy groups -OCH3 is 1. The van der Waals surface area contributed by atoms with Crippen LogP contribution in [0.25, 0.3) is 0 Å². The fourth-order valence-corrected chi connectivity index (χ4v) is 3.35. The average Bonchev–Trinajstić information content (AvgIpc) is 3.31. The second-order valence-electron chi connectivity index (χ2n) is 6.44. The Hall–Kier alpha value is -2.44. The van der Waals surface area contributed by atoms with E-state index in [1.54, 1.807) is 13.4 Å². The number of aromatic nitrogens is 4. The Kier molecular flexibility index (Phi) is 3.92. The van der Waals surface area contributed by atoms with Crippen LogP contribution in [-0.2, 0) is 0 Å². The first-order valence-electron chi connectivity index (χ1n) is 8.43. The largest absolute Gasteiger partial charge is 0.481 e. The summed E-state index contributed by atoms with van der Waals surface area (Å²) in [6, 6.07) is 4.86. The van der Waals surface area contributed by atoms with E-state index in [1.165, 1.54) is 12.8 Å². The number of ether oxygens (including phenoxy) is 1. The van der Waals surface area contributed by atoms with Crippen LogP contribution in [0.3, 0.4) is 0 Å². The van der Waals surface area contributed by atoms with Crippen molar-refractivity contribution in [3.8, 4) is 5.88 Å². The first-order chi connectivity index (χ1) is 11.7. The van der Waals surface area contributed by atoms with Crippen molar-refractivity contribution in [3.63, 3.8) is 0 Å². The summed E-state index contributed by atoms with van der Waals surface area (Å²) in [5.41, 5.74) is 1.00. The van der Waals surface area contributed by atoms with Gasteiger partial charge < -0.3 is 14.5 Å². The van der Waals surface area contributed by atoms with Gasteiger partial charge >= 0.3 is 0 Å². The van der Waals surface area contributed by atoms with E-state index in [2.05, 4.69) is 29.7 Å². The van der Waals surface area contributed by atoms with Gasteiger partial charge in [-0.25, -0.2) is 19.9 Å². The molecular weight excluding hydrogens is 304 g/mol. The van der Waals surface area contributed by atoms with Crippen LogP contribution < -0.4 is 14.5 Å². The van der Waals surface area contributed by atoms with Gasteiger partial charge in [0.1, 0.15) is 12.1 Å². The van der Waals surface area contributed by atoms with E-state index in [0.717, 1.165) is 37.0 Å². The summed E-state index contributed by atoms with van der Waals surface area (Å²) < 4.78 is 5.26. The molecule has 126 valence electrons. The molecule has 4 rings (SSSR count). The van der Waals surface area contributed by atoms with Crippen molar-refractivity contribution in [1.82, 2.24) is 19.9 Å². The summed E-state index contributed by atoms with van der Waals surface area (Å²) in [5.74, 6) is 2.40. The summed E-state index contributed by atoms with van der Waals surface area (Å²) in [6.45, 7) is 3.90. The van der Waals surface area contributed by atoms with Crippen LogP contribution in [0.4, 0.5) is 11.8 Å². The molecule has 0 bridgehead atoms. The monoisotopic (exact) mass is 326 g/mol. The van der Waals surface area contributed by atoms with E-state index >= 15 is 0 Å². The maximum absolute atomic E-state index is 5.26. The maximum Gasteiger partial charge on any atom is 0.225 e. The first-order valence-corrected chi connectivity index (χ1v) is 8.43. The van der Waals surface area contributed by atoms with Crippen LogP contribution in [0.5, 0.6) is 5.88 Å². The van der Waals surface area contributed by atoms with Crippen molar-refractivity contribution in [1.29, 1.82) is 0 Å². The zero-order valence-corrected chi connectivity index (χ0v) is 14.1. The predicted molar refractivity (Wildman–Crippen MR) is 91.5 cm³/mol. The molecule has 0 amide bonds. The van der Waals surface area contributed by atoms with Crippen molar-refractivity contribution >= 4 is 11.8 Å². The quantitative estimate of drug-likeness (QED) is 0.830. The lowest BCUT2D eigenvalue weighted by molar-refractivity contribution is 0.396. The first kappa shape index (κ1) is 15.1. The third-order valence-corrected chi connectivity index (χ3v) is 4.66. The maximum atomic E-state index is 5.26. The lowest BCUT2D eigenvalue weighted by atomic mass is 10.2. The van der Waals surface area contributed by atoms with Crippen LogP contribution in [0, 0.1) is 6.92 Å². The van der Waals surface area contributed by atoms with Gasteiger partial charge in [-0.05, 0) is 32.3 Å². The smallest absolute Gasteiger partial charge is 0.225 e. The molecule has 1 atom stereocenters. The van der Waals surface area contributed by atoms with Gasteiger partial charge in [-0.15, -0.1) is 0 Å². The standard InChI is InChI=1S/C17H22N6O/c1-12-5-7-18-17(21-12)22-8-6-14(10-22)23(13-3-4-13)15-9-16(24-2)20-11-19-15/h5,7,9,11,13-14H,3-4,6,8,10H2,1-2H3. The predicted octanol–water partition coefficient (Wildman–Crippen LogP) is 1.83. The Morgan fingerprint density at radius 3 is 2.79 bits per heavy atom. The van der Waals surface area contributed by atoms with Gasteiger partial charge in [0.15, 0.2) is 0 Å². The molecule has 2 aromatic heterocycles. The summed E-state index contributed by atoms with van der Waals surface area (Å²) >= 11 is 0. The molecule has 0 radical (unpaired) electrons. The Balaban J connectivity index is 1.55. The summed E-state index contributed by atoms with van der Waals surface area (Å²) in [5, 5.41) is 0.